The molecule has 7 nitrogen and oxygen atoms in total. The number of hydrogen-bond acceptors (Lipinski definition) is 6. The highest BCUT2D eigenvalue weighted by molar-refractivity contribution is 5.77. The molecular weight excluding hydrogens is 359 g/mol. The van der Waals surface area contributed by atoms with Gasteiger partial charge in [0.25, 0.3) is 0 Å². The van der Waals surface area contributed by atoms with Gasteiger partial charge in [-0.05, 0) is 51.9 Å². The molecule has 3 heterocycles. The first-order valence-electron chi connectivity index (χ1n) is 9.23. The number of aromatic nitrogens is 4. The first-order valence-corrected chi connectivity index (χ1v) is 9.23. The van der Waals surface area contributed by atoms with Crippen LogP contribution in [0.2, 0.25) is 0 Å². The molecule has 5 rings (SSSR count). The van der Waals surface area contributed by atoms with Crippen LogP contribution in [0.3, 0.4) is 0 Å². The van der Waals surface area contributed by atoms with Crippen LogP contribution in [-0.2, 0) is 4.74 Å². The van der Waals surface area contributed by atoms with E-state index in [0.29, 0.717) is 5.95 Å². The molecule has 1 atom stereocenters. The van der Waals surface area contributed by atoms with Crippen molar-refractivity contribution in [1.82, 2.24) is 20.2 Å². The van der Waals surface area contributed by atoms with Gasteiger partial charge in [-0.3, -0.25) is 0 Å². The maximum atomic E-state index is 13.3. The molecule has 0 saturated carbocycles. The number of morpholine rings is 1. The van der Waals surface area contributed by atoms with Gasteiger partial charge in [0.1, 0.15) is 11.9 Å². The van der Waals surface area contributed by atoms with E-state index in [1.807, 2.05) is 0 Å². The molecule has 0 spiro atoms. The van der Waals surface area contributed by atoms with Crippen molar-refractivity contribution in [2.45, 2.75) is 6.04 Å². The molecule has 8 heteroatoms. The fourth-order valence-electron chi connectivity index (χ4n) is 3.59. The molecular formula is C20H19FN6O. The molecule has 2 aliphatic rings. The number of rotatable bonds is 3. The number of benzene rings is 2. The summed E-state index contributed by atoms with van der Waals surface area (Å²) in [6.45, 7) is 3.33. The number of fused-ring (bicyclic) bond motifs is 1. The average molecular weight is 378 g/mol. The quantitative estimate of drug-likeness (QED) is 0.756. The lowest BCUT2D eigenvalue weighted by Crippen LogP contribution is -2.36. The number of nitrogens with one attached hydrogen (secondary N) is 1. The Kier molecular flexibility index (Phi) is 4.25. The van der Waals surface area contributed by atoms with Crippen LogP contribution >= 0.6 is 0 Å². The van der Waals surface area contributed by atoms with E-state index >= 15 is 0 Å². The summed E-state index contributed by atoms with van der Waals surface area (Å²) in [4.78, 5) is 2.32. The molecule has 2 aromatic carbocycles. The predicted molar refractivity (Wildman–Crippen MR) is 103 cm³/mol. The van der Waals surface area contributed by atoms with E-state index in [4.69, 9.17) is 4.74 Å². The van der Waals surface area contributed by atoms with Gasteiger partial charge in [-0.25, -0.2) is 4.39 Å². The van der Waals surface area contributed by atoms with Crippen LogP contribution in [0.1, 0.15) is 17.2 Å². The molecule has 0 radical (unpaired) electrons. The van der Waals surface area contributed by atoms with E-state index in [1.54, 1.807) is 16.8 Å². The van der Waals surface area contributed by atoms with Crippen molar-refractivity contribution in [2.75, 3.05) is 36.5 Å². The van der Waals surface area contributed by atoms with Gasteiger partial charge < -0.3 is 15.0 Å². The zero-order chi connectivity index (χ0) is 18.9. The summed E-state index contributed by atoms with van der Waals surface area (Å²) in [5.41, 5.74) is 4.06. The Morgan fingerprint density at radius 2 is 1.75 bits per heavy atom. The average Bonchev–Trinajstić information content (AvgIpc) is 3.23. The van der Waals surface area contributed by atoms with Gasteiger partial charge in [0.05, 0.1) is 13.2 Å². The predicted octanol–water partition coefficient (Wildman–Crippen LogP) is 2.70. The summed E-state index contributed by atoms with van der Waals surface area (Å²) >= 11 is 0. The summed E-state index contributed by atoms with van der Waals surface area (Å²) < 4.78 is 20.5. The SMILES string of the molecule is Fc1ccc([C@H]2C=C(c3ccc(N4CCOCC4)cc3)Nc3nnnn32)cc1. The lowest BCUT2D eigenvalue weighted by atomic mass is 10.0. The summed E-state index contributed by atoms with van der Waals surface area (Å²) in [5, 5.41) is 15.2. The standard InChI is InChI=1S/C20H19FN6O/c21-16-5-1-15(2-6-16)19-13-18(22-20-23-24-25-27(19)20)14-3-7-17(8-4-14)26-9-11-28-12-10-26/h1-8,13,19H,9-12H2,(H,22,23,25)/t19-/m1/s1. The Morgan fingerprint density at radius 1 is 1.00 bits per heavy atom. The number of halogens is 1. The minimum Gasteiger partial charge on any atom is -0.378 e. The van der Waals surface area contributed by atoms with Gasteiger partial charge in [0, 0.05) is 24.5 Å². The van der Waals surface area contributed by atoms with Crippen molar-refractivity contribution in [1.29, 1.82) is 0 Å². The zero-order valence-corrected chi connectivity index (χ0v) is 15.1. The summed E-state index contributed by atoms with van der Waals surface area (Å²) in [7, 11) is 0. The fourth-order valence-corrected chi connectivity index (χ4v) is 3.59. The molecule has 2 aliphatic heterocycles. The van der Waals surface area contributed by atoms with Crippen molar-refractivity contribution >= 4 is 17.3 Å². The number of allylic oxidation sites excluding steroid dienone is 1. The molecule has 0 aliphatic carbocycles. The van der Waals surface area contributed by atoms with E-state index in [-0.39, 0.29) is 11.9 Å². The second-order valence-electron chi connectivity index (χ2n) is 6.80. The third kappa shape index (κ3) is 3.11. The fraction of sp³-hybridized carbons (Fsp3) is 0.250. The molecule has 1 aromatic heterocycles. The maximum Gasteiger partial charge on any atom is 0.248 e. The summed E-state index contributed by atoms with van der Waals surface area (Å²) in [6, 6.07) is 14.6. The van der Waals surface area contributed by atoms with Crippen LogP contribution in [0.25, 0.3) is 5.70 Å². The monoisotopic (exact) mass is 378 g/mol. The molecule has 0 unspecified atom stereocenters. The lowest BCUT2D eigenvalue weighted by Gasteiger charge is -2.29. The molecule has 0 amide bonds. The topological polar surface area (TPSA) is 68.1 Å². The van der Waals surface area contributed by atoms with Gasteiger partial charge in [-0.2, -0.15) is 4.68 Å². The summed E-state index contributed by atoms with van der Waals surface area (Å²) in [5.74, 6) is 0.293. The molecule has 3 aromatic rings. The number of nitrogens with zero attached hydrogens (tertiary/aromatic N) is 5. The minimum atomic E-state index is -0.266. The van der Waals surface area contributed by atoms with E-state index < -0.39 is 0 Å². The lowest BCUT2D eigenvalue weighted by molar-refractivity contribution is 0.122. The molecule has 1 N–H and O–H groups in total. The van der Waals surface area contributed by atoms with Gasteiger partial charge >= 0.3 is 0 Å². The highest BCUT2D eigenvalue weighted by atomic mass is 19.1. The van der Waals surface area contributed by atoms with Crippen molar-refractivity contribution in [2.24, 2.45) is 0 Å². The minimum absolute atomic E-state index is 0.208. The Morgan fingerprint density at radius 3 is 2.50 bits per heavy atom. The number of ether oxygens (including phenoxy) is 1. The Hall–Kier alpha value is -3.26. The van der Waals surface area contributed by atoms with Gasteiger partial charge in [0.2, 0.25) is 5.95 Å². The first-order chi connectivity index (χ1) is 13.8. The summed E-state index contributed by atoms with van der Waals surface area (Å²) in [6.07, 6.45) is 2.06. The van der Waals surface area contributed by atoms with Gasteiger partial charge in [0.15, 0.2) is 0 Å². The molecule has 0 bridgehead atoms. The molecule has 1 fully saturated rings. The van der Waals surface area contributed by atoms with Crippen molar-refractivity contribution < 1.29 is 9.13 Å². The van der Waals surface area contributed by atoms with Crippen molar-refractivity contribution in [3.63, 3.8) is 0 Å². The van der Waals surface area contributed by atoms with Crippen LogP contribution in [0, 0.1) is 5.82 Å². The van der Waals surface area contributed by atoms with Gasteiger partial charge in [-0.1, -0.05) is 29.4 Å². The molecule has 28 heavy (non-hydrogen) atoms. The van der Waals surface area contributed by atoms with E-state index in [2.05, 4.69) is 56.1 Å². The largest absolute Gasteiger partial charge is 0.378 e. The molecule has 1 saturated heterocycles. The normalized spacial score (nSPS) is 19.0. The first kappa shape index (κ1) is 16.9. The highest BCUT2D eigenvalue weighted by Crippen LogP contribution is 2.32. The number of hydrogen-bond donors (Lipinski definition) is 1. The highest BCUT2D eigenvalue weighted by Gasteiger charge is 2.24. The third-order valence-corrected chi connectivity index (χ3v) is 5.09. The van der Waals surface area contributed by atoms with Crippen LogP contribution in [0.15, 0.2) is 54.6 Å². The Labute approximate surface area is 161 Å². The second kappa shape index (κ2) is 7.05. The van der Waals surface area contributed by atoms with Crippen LogP contribution < -0.4 is 10.2 Å². The van der Waals surface area contributed by atoms with Crippen molar-refractivity contribution in [3.8, 4) is 0 Å². The number of anilines is 2. The number of tetrazole rings is 1. The third-order valence-electron chi connectivity index (χ3n) is 5.09. The van der Waals surface area contributed by atoms with Crippen LogP contribution in [0.5, 0.6) is 0 Å². The zero-order valence-electron chi connectivity index (χ0n) is 15.1. The van der Waals surface area contributed by atoms with Crippen molar-refractivity contribution in [3.05, 3.63) is 71.6 Å². The van der Waals surface area contributed by atoms with Crippen LogP contribution in [-0.4, -0.2) is 46.5 Å². The molecule has 142 valence electrons. The van der Waals surface area contributed by atoms with Gasteiger partial charge in [-0.15, -0.1) is 0 Å². The Balaban J connectivity index is 1.46. The maximum absolute atomic E-state index is 13.3. The van der Waals surface area contributed by atoms with Crippen LogP contribution in [0.4, 0.5) is 16.0 Å². The van der Waals surface area contributed by atoms with E-state index in [0.717, 1.165) is 43.1 Å². The van der Waals surface area contributed by atoms with E-state index in [1.165, 1.54) is 17.8 Å². The van der Waals surface area contributed by atoms with E-state index in [9.17, 15) is 4.39 Å². The Bertz CT molecular complexity index is 992. The smallest absolute Gasteiger partial charge is 0.248 e. The second-order valence-corrected chi connectivity index (χ2v) is 6.80.